The molecule has 3 nitrogen and oxygen atoms in total. The Morgan fingerprint density at radius 1 is 1.32 bits per heavy atom. The molecule has 3 rings (SSSR count). The number of hydrogen-bond acceptors (Lipinski definition) is 4. The molecule has 0 aliphatic carbocycles. The second kappa shape index (κ2) is 6.13. The number of amides is 1. The van der Waals surface area contributed by atoms with Crippen LogP contribution in [0.15, 0.2) is 23.1 Å². The first-order valence-electron chi connectivity index (χ1n) is 7.62. The normalized spacial score (nSPS) is 15.6. The molecule has 1 aromatic heterocycles. The number of likely N-dealkylation sites (N-methyl/N-ethyl adjacent to an activating group) is 1. The van der Waals surface area contributed by atoms with Crippen molar-refractivity contribution in [1.29, 1.82) is 0 Å². The molecule has 5 heteroatoms. The molecular formula is C17H22N2OS2. The van der Waals surface area contributed by atoms with Crippen LogP contribution in [0.3, 0.4) is 0 Å². The smallest absolute Gasteiger partial charge is 0.265 e. The van der Waals surface area contributed by atoms with E-state index in [1.807, 2.05) is 11.9 Å². The molecule has 0 N–H and O–H groups in total. The summed E-state index contributed by atoms with van der Waals surface area (Å²) < 4.78 is 1.21. The van der Waals surface area contributed by atoms with Crippen LogP contribution in [0.2, 0.25) is 0 Å². The number of hydrogen-bond donors (Lipinski definition) is 0. The zero-order valence-corrected chi connectivity index (χ0v) is 15.2. The molecular weight excluding hydrogens is 312 g/mol. The number of benzene rings is 1. The lowest BCUT2D eigenvalue weighted by Crippen LogP contribution is -2.33. The third-order valence-corrected chi connectivity index (χ3v) is 5.89. The second-order valence-corrected chi connectivity index (χ2v) is 8.14. The minimum Gasteiger partial charge on any atom is -0.368 e. The number of rotatable bonds is 3. The fourth-order valence-corrected chi connectivity index (χ4v) is 4.57. The molecule has 0 radical (unpaired) electrons. The van der Waals surface area contributed by atoms with E-state index in [9.17, 15) is 4.79 Å². The number of fused-ring (bicyclic) bond motifs is 3. The first-order chi connectivity index (χ1) is 10.5. The van der Waals surface area contributed by atoms with Gasteiger partial charge in [-0.2, -0.15) is 0 Å². The maximum Gasteiger partial charge on any atom is 0.265 e. The molecule has 1 aliphatic rings. The fourth-order valence-electron chi connectivity index (χ4n) is 2.93. The quantitative estimate of drug-likeness (QED) is 0.787. The first-order valence-corrected chi connectivity index (χ1v) is 9.66. The number of thiophene rings is 1. The lowest BCUT2D eigenvalue weighted by Gasteiger charge is -2.25. The Hall–Kier alpha value is -1.20. The molecule has 0 saturated heterocycles. The van der Waals surface area contributed by atoms with E-state index < -0.39 is 0 Å². The van der Waals surface area contributed by atoms with E-state index in [0.717, 1.165) is 30.2 Å². The van der Waals surface area contributed by atoms with Crippen molar-refractivity contribution in [1.82, 2.24) is 4.90 Å². The second-order valence-electron chi connectivity index (χ2n) is 6.21. The molecule has 2 aromatic rings. The van der Waals surface area contributed by atoms with Crippen LogP contribution >= 0.6 is 23.1 Å². The summed E-state index contributed by atoms with van der Waals surface area (Å²) in [6, 6.07) is 6.53. The summed E-state index contributed by atoms with van der Waals surface area (Å²) in [6.07, 6.45) is 2.09. The van der Waals surface area contributed by atoms with Crippen molar-refractivity contribution in [2.45, 2.75) is 18.7 Å². The summed E-state index contributed by atoms with van der Waals surface area (Å²) in [5.41, 5.74) is 1.15. The van der Waals surface area contributed by atoms with Crippen molar-refractivity contribution >= 4 is 44.8 Å². The van der Waals surface area contributed by atoms with Crippen molar-refractivity contribution in [3.05, 3.63) is 23.1 Å². The molecule has 2 heterocycles. The highest BCUT2D eigenvalue weighted by molar-refractivity contribution is 7.98. The van der Waals surface area contributed by atoms with E-state index in [2.05, 4.69) is 43.2 Å². The molecule has 0 saturated carbocycles. The van der Waals surface area contributed by atoms with Crippen molar-refractivity contribution < 1.29 is 4.79 Å². The summed E-state index contributed by atoms with van der Waals surface area (Å²) in [6.45, 7) is 7.15. The van der Waals surface area contributed by atoms with Gasteiger partial charge in [0.05, 0.1) is 5.69 Å². The number of anilines is 1. The Kier molecular flexibility index (Phi) is 4.37. The molecule has 1 aromatic carbocycles. The van der Waals surface area contributed by atoms with Gasteiger partial charge in [0.15, 0.2) is 0 Å². The maximum absolute atomic E-state index is 12.7. The zero-order valence-electron chi connectivity index (χ0n) is 13.5. The Balaban J connectivity index is 2.21. The number of carbonyl (C=O) groups is 1. The Morgan fingerprint density at radius 3 is 2.77 bits per heavy atom. The monoisotopic (exact) mass is 334 g/mol. The summed E-state index contributed by atoms with van der Waals surface area (Å²) in [5, 5.41) is 1.23. The standard InChI is InChI=1S/C17H22N2OS2/c1-11(2)10-19-8-7-18(3)17(20)16-15(19)13-9-12(21-4)5-6-14(13)22-16/h5-6,9,11H,7-8,10H2,1-4H3. The summed E-state index contributed by atoms with van der Waals surface area (Å²) in [4.78, 5) is 19.1. The van der Waals surface area contributed by atoms with Crippen LogP contribution in [-0.4, -0.2) is 43.7 Å². The van der Waals surface area contributed by atoms with Crippen LogP contribution in [0.1, 0.15) is 23.5 Å². The predicted octanol–water partition coefficient (Wildman–Crippen LogP) is 4.17. The van der Waals surface area contributed by atoms with Gasteiger partial charge < -0.3 is 9.80 Å². The van der Waals surface area contributed by atoms with E-state index >= 15 is 0 Å². The van der Waals surface area contributed by atoms with E-state index in [0.29, 0.717) is 5.92 Å². The molecule has 1 aliphatic heterocycles. The minimum absolute atomic E-state index is 0.160. The fraction of sp³-hybridized carbons (Fsp3) is 0.471. The Labute approximate surface area is 140 Å². The maximum atomic E-state index is 12.7. The van der Waals surface area contributed by atoms with Gasteiger partial charge in [0, 0.05) is 41.7 Å². The van der Waals surface area contributed by atoms with Gasteiger partial charge in [-0.25, -0.2) is 0 Å². The minimum atomic E-state index is 0.160. The van der Waals surface area contributed by atoms with Crippen LogP contribution in [0.4, 0.5) is 5.69 Å². The van der Waals surface area contributed by atoms with Crippen molar-refractivity contribution in [2.24, 2.45) is 5.92 Å². The van der Waals surface area contributed by atoms with E-state index in [1.165, 1.54) is 15.0 Å². The summed E-state index contributed by atoms with van der Waals surface area (Å²) in [7, 11) is 1.91. The molecule has 22 heavy (non-hydrogen) atoms. The van der Waals surface area contributed by atoms with Gasteiger partial charge in [0.25, 0.3) is 5.91 Å². The van der Waals surface area contributed by atoms with Gasteiger partial charge in [-0.05, 0) is 30.4 Å². The average molecular weight is 335 g/mol. The third-order valence-electron chi connectivity index (χ3n) is 4.02. The van der Waals surface area contributed by atoms with Crippen molar-refractivity contribution in [3.8, 4) is 0 Å². The highest BCUT2D eigenvalue weighted by Crippen LogP contribution is 2.41. The van der Waals surface area contributed by atoms with Crippen LogP contribution in [0.5, 0.6) is 0 Å². The van der Waals surface area contributed by atoms with Gasteiger partial charge in [-0.1, -0.05) is 13.8 Å². The van der Waals surface area contributed by atoms with E-state index in [-0.39, 0.29) is 5.91 Å². The van der Waals surface area contributed by atoms with Crippen LogP contribution < -0.4 is 4.90 Å². The highest BCUT2D eigenvalue weighted by atomic mass is 32.2. The van der Waals surface area contributed by atoms with Gasteiger partial charge in [0.1, 0.15) is 4.88 Å². The topological polar surface area (TPSA) is 23.6 Å². The number of carbonyl (C=O) groups excluding carboxylic acids is 1. The molecule has 118 valence electrons. The third kappa shape index (κ3) is 2.72. The van der Waals surface area contributed by atoms with Crippen LogP contribution in [-0.2, 0) is 0 Å². The lowest BCUT2D eigenvalue weighted by molar-refractivity contribution is 0.0809. The Bertz CT molecular complexity index is 708. The summed E-state index contributed by atoms with van der Waals surface area (Å²) in [5.74, 6) is 0.734. The predicted molar refractivity (Wildman–Crippen MR) is 97.6 cm³/mol. The van der Waals surface area contributed by atoms with Crippen molar-refractivity contribution in [2.75, 3.05) is 37.8 Å². The van der Waals surface area contributed by atoms with E-state index in [4.69, 9.17) is 0 Å². The van der Waals surface area contributed by atoms with Gasteiger partial charge in [0.2, 0.25) is 0 Å². The number of thioether (sulfide) groups is 1. The van der Waals surface area contributed by atoms with Crippen molar-refractivity contribution in [3.63, 3.8) is 0 Å². The van der Waals surface area contributed by atoms with Gasteiger partial charge in [-0.15, -0.1) is 23.1 Å². The highest BCUT2D eigenvalue weighted by Gasteiger charge is 2.29. The first kappa shape index (κ1) is 15.7. The summed E-state index contributed by atoms with van der Waals surface area (Å²) >= 11 is 3.38. The lowest BCUT2D eigenvalue weighted by atomic mass is 10.1. The van der Waals surface area contributed by atoms with E-state index in [1.54, 1.807) is 23.1 Å². The number of nitrogens with zero attached hydrogens (tertiary/aromatic N) is 2. The molecule has 0 atom stereocenters. The van der Waals surface area contributed by atoms with Crippen LogP contribution in [0, 0.1) is 5.92 Å². The molecule has 1 amide bonds. The molecule has 0 fully saturated rings. The Morgan fingerprint density at radius 2 is 2.09 bits per heavy atom. The van der Waals surface area contributed by atoms with Crippen LogP contribution in [0.25, 0.3) is 10.1 Å². The molecule has 0 spiro atoms. The molecule has 0 bridgehead atoms. The average Bonchev–Trinajstić information content (AvgIpc) is 2.83. The largest absolute Gasteiger partial charge is 0.368 e. The van der Waals surface area contributed by atoms with Gasteiger partial charge in [-0.3, -0.25) is 4.79 Å². The zero-order chi connectivity index (χ0) is 15.9. The SMILES string of the molecule is CSc1ccc2sc3c(c2c1)N(CC(C)C)CCN(C)C3=O. The van der Waals surface area contributed by atoms with Gasteiger partial charge >= 0.3 is 0 Å². The molecule has 0 unspecified atom stereocenters.